The number of amides is 2. The third kappa shape index (κ3) is 4.39. The molecule has 1 aliphatic rings. The number of furan rings is 1. The van der Waals surface area contributed by atoms with Crippen molar-refractivity contribution < 1.29 is 23.5 Å². The van der Waals surface area contributed by atoms with Gasteiger partial charge in [0.1, 0.15) is 17.2 Å². The minimum absolute atomic E-state index is 0.0198. The summed E-state index contributed by atoms with van der Waals surface area (Å²) in [6.07, 6.45) is 1.47. The monoisotopic (exact) mass is 377 g/mol. The zero-order valence-electron chi connectivity index (χ0n) is 15.4. The van der Waals surface area contributed by atoms with Crippen molar-refractivity contribution in [3.63, 3.8) is 0 Å². The van der Waals surface area contributed by atoms with Gasteiger partial charge in [0.05, 0.1) is 13.1 Å². The average Bonchev–Trinajstić information content (AvgIpc) is 2.89. The number of urea groups is 1. The van der Waals surface area contributed by atoms with Crippen LogP contribution in [0.1, 0.15) is 31.1 Å². The quantitative estimate of drug-likeness (QED) is 0.689. The minimum atomic E-state index is -0.841. The number of carboxylic acids is 1. The zero-order valence-corrected chi connectivity index (χ0v) is 15.4. The van der Waals surface area contributed by atoms with E-state index in [-0.39, 0.29) is 37.0 Å². The second-order valence-electron chi connectivity index (χ2n) is 6.90. The summed E-state index contributed by atoms with van der Waals surface area (Å²) in [6, 6.07) is 4.25. The van der Waals surface area contributed by atoms with Crippen molar-refractivity contribution in [1.29, 1.82) is 0 Å². The molecule has 27 heavy (non-hydrogen) atoms. The van der Waals surface area contributed by atoms with E-state index in [2.05, 4.69) is 10.6 Å². The summed E-state index contributed by atoms with van der Waals surface area (Å²) in [5.74, 6) is -0.574. The molecule has 1 heterocycles. The van der Waals surface area contributed by atoms with Gasteiger partial charge in [0, 0.05) is 23.0 Å². The number of aryl methyl sites for hydroxylation is 1. The van der Waals surface area contributed by atoms with Crippen LogP contribution in [0.4, 0.5) is 9.18 Å². The number of nitrogens with one attached hydrogen (secondary N) is 2. The van der Waals surface area contributed by atoms with Gasteiger partial charge in [0.2, 0.25) is 0 Å². The molecule has 1 aromatic carbocycles. The number of nitrogens with zero attached hydrogens (tertiary/aromatic N) is 1. The van der Waals surface area contributed by atoms with E-state index >= 15 is 0 Å². The smallest absolute Gasteiger partial charge is 0.317 e. The van der Waals surface area contributed by atoms with Crippen molar-refractivity contribution in [3.05, 3.63) is 35.3 Å². The maximum Gasteiger partial charge on any atom is 0.317 e. The molecule has 0 aliphatic heterocycles. The van der Waals surface area contributed by atoms with Gasteiger partial charge in [0.25, 0.3) is 0 Å². The number of hydrogen-bond donors (Lipinski definition) is 3. The summed E-state index contributed by atoms with van der Waals surface area (Å²) in [5, 5.41) is 15.3. The van der Waals surface area contributed by atoms with Gasteiger partial charge < -0.3 is 20.2 Å². The van der Waals surface area contributed by atoms with Crippen LogP contribution < -0.4 is 10.6 Å². The van der Waals surface area contributed by atoms with Crippen LogP contribution in [0.2, 0.25) is 0 Å². The molecule has 0 saturated heterocycles. The molecule has 3 N–H and O–H groups in total. The molecule has 146 valence electrons. The number of carbonyl (C=O) groups excluding carboxylic acids is 1. The number of likely N-dealkylation sites (N-methyl/N-ethyl adjacent to an activating group) is 1. The SMILES string of the molecule is CCN(CC(=O)O)C1CC(NC(=O)NCc2oc3ccc(F)cc3c2C)C1. The van der Waals surface area contributed by atoms with Gasteiger partial charge in [-0.2, -0.15) is 0 Å². The van der Waals surface area contributed by atoms with E-state index < -0.39 is 5.97 Å². The fourth-order valence-electron chi connectivity index (χ4n) is 3.49. The summed E-state index contributed by atoms with van der Waals surface area (Å²) in [5.41, 5.74) is 1.40. The highest BCUT2D eigenvalue weighted by Gasteiger charge is 2.34. The van der Waals surface area contributed by atoms with E-state index in [1.165, 1.54) is 12.1 Å². The predicted octanol–water partition coefficient (Wildman–Crippen LogP) is 2.62. The maximum absolute atomic E-state index is 13.4. The summed E-state index contributed by atoms with van der Waals surface area (Å²) in [6.45, 7) is 4.66. The fourth-order valence-corrected chi connectivity index (χ4v) is 3.49. The molecular formula is C19H24FN3O4. The van der Waals surface area contributed by atoms with Gasteiger partial charge in [-0.1, -0.05) is 6.92 Å². The Kier molecular flexibility index (Phi) is 5.65. The maximum atomic E-state index is 13.4. The molecule has 0 bridgehead atoms. The van der Waals surface area contributed by atoms with Crippen LogP contribution in [0.25, 0.3) is 11.0 Å². The lowest BCUT2D eigenvalue weighted by molar-refractivity contribution is -0.139. The summed E-state index contributed by atoms with van der Waals surface area (Å²) < 4.78 is 19.0. The molecule has 0 atom stereocenters. The van der Waals surface area contributed by atoms with Gasteiger partial charge in [-0.3, -0.25) is 9.69 Å². The number of hydrogen-bond acceptors (Lipinski definition) is 4. The van der Waals surface area contributed by atoms with Crippen LogP contribution in [0.5, 0.6) is 0 Å². The first-order chi connectivity index (χ1) is 12.9. The summed E-state index contributed by atoms with van der Waals surface area (Å²) >= 11 is 0. The first-order valence-corrected chi connectivity index (χ1v) is 9.05. The molecule has 0 radical (unpaired) electrons. The van der Waals surface area contributed by atoms with Crippen LogP contribution in [-0.4, -0.2) is 47.2 Å². The van der Waals surface area contributed by atoms with Crippen LogP contribution >= 0.6 is 0 Å². The number of carbonyl (C=O) groups is 2. The Labute approximate surface area is 156 Å². The molecule has 8 heteroatoms. The lowest BCUT2D eigenvalue weighted by Crippen LogP contribution is -2.56. The highest BCUT2D eigenvalue weighted by molar-refractivity contribution is 5.82. The Bertz CT molecular complexity index is 845. The largest absolute Gasteiger partial charge is 0.480 e. The van der Waals surface area contributed by atoms with E-state index in [9.17, 15) is 14.0 Å². The fraction of sp³-hybridized carbons (Fsp3) is 0.474. The molecule has 1 fully saturated rings. The topological polar surface area (TPSA) is 94.8 Å². The number of benzene rings is 1. The van der Waals surface area contributed by atoms with Gasteiger partial charge in [0.15, 0.2) is 0 Å². The van der Waals surface area contributed by atoms with E-state index in [0.717, 1.165) is 18.4 Å². The molecule has 2 aromatic rings. The molecule has 1 aromatic heterocycles. The third-order valence-electron chi connectivity index (χ3n) is 5.12. The lowest BCUT2D eigenvalue weighted by atomic mass is 9.85. The van der Waals surface area contributed by atoms with Crippen molar-refractivity contribution in [3.8, 4) is 0 Å². The van der Waals surface area contributed by atoms with Crippen molar-refractivity contribution in [2.45, 2.75) is 45.3 Å². The predicted molar refractivity (Wildman–Crippen MR) is 98.0 cm³/mol. The van der Waals surface area contributed by atoms with Crippen LogP contribution in [0, 0.1) is 12.7 Å². The van der Waals surface area contributed by atoms with Gasteiger partial charge >= 0.3 is 12.0 Å². The van der Waals surface area contributed by atoms with Crippen molar-refractivity contribution in [1.82, 2.24) is 15.5 Å². The van der Waals surface area contributed by atoms with Gasteiger partial charge in [-0.15, -0.1) is 0 Å². The number of halogens is 1. The molecular weight excluding hydrogens is 353 g/mol. The van der Waals surface area contributed by atoms with E-state index in [1.54, 1.807) is 6.07 Å². The van der Waals surface area contributed by atoms with E-state index in [0.29, 0.717) is 23.3 Å². The second kappa shape index (κ2) is 7.96. The lowest BCUT2D eigenvalue weighted by Gasteiger charge is -2.42. The molecule has 2 amide bonds. The Morgan fingerprint density at radius 2 is 2.11 bits per heavy atom. The summed E-state index contributed by atoms with van der Waals surface area (Å²) in [4.78, 5) is 24.8. The standard InChI is InChI=1S/C19H24FN3O4/c1-3-23(10-18(24)25)14-7-13(8-14)22-19(26)21-9-17-11(2)15-6-12(20)4-5-16(15)27-17/h4-6,13-14H,3,7-10H2,1-2H3,(H,24,25)(H2,21,22,26). The third-order valence-corrected chi connectivity index (χ3v) is 5.12. The van der Waals surface area contributed by atoms with Crippen LogP contribution in [-0.2, 0) is 11.3 Å². The molecule has 1 aliphatic carbocycles. The highest BCUT2D eigenvalue weighted by Crippen LogP contribution is 2.27. The Morgan fingerprint density at radius 1 is 1.37 bits per heavy atom. The van der Waals surface area contributed by atoms with E-state index in [4.69, 9.17) is 9.52 Å². The molecule has 0 unspecified atom stereocenters. The molecule has 1 saturated carbocycles. The van der Waals surface area contributed by atoms with Gasteiger partial charge in [-0.05, 0) is 44.5 Å². The number of fused-ring (bicyclic) bond motifs is 1. The molecule has 3 rings (SSSR count). The zero-order chi connectivity index (χ0) is 19.6. The summed E-state index contributed by atoms with van der Waals surface area (Å²) in [7, 11) is 0. The second-order valence-corrected chi connectivity index (χ2v) is 6.90. The first kappa shape index (κ1) is 19.2. The Morgan fingerprint density at radius 3 is 2.78 bits per heavy atom. The highest BCUT2D eigenvalue weighted by atomic mass is 19.1. The van der Waals surface area contributed by atoms with Crippen molar-refractivity contribution in [2.75, 3.05) is 13.1 Å². The number of carboxylic acid groups (broad SMARTS) is 1. The Hall–Kier alpha value is -2.61. The van der Waals surface area contributed by atoms with Crippen molar-refractivity contribution in [2.24, 2.45) is 0 Å². The van der Waals surface area contributed by atoms with Crippen molar-refractivity contribution >= 4 is 23.0 Å². The van der Waals surface area contributed by atoms with Gasteiger partial charge in [-0.25, -0.2) is 9.18 Å². The van der Waals surface area contributed by atoms with Crippen LogP contribution in [0.3, 0.4) is 0 Å². The number of aliphatic carboxylic acids is 1. The molecule has 7 nitrogen and oxygen atoms in total. The Balaban J connectivity index is 1.47. The minimum Gasteiger partial charge on any atom is -0.480 e. The van der Waals surface area contributed by atoms with E-state index in [1.807, 2.05) is 18.7 Å². The average molecular weight is 377 g/mol. The number of rotatable bonds is 7. The van der Waals surface area contributed by atoms with Crippen LogP contribution in [0.15, 0.2) is 22.6 Å². The normalized spacial score (nSPS) is 19.1. The first-order valence-electron chi connectivity index (χ1n) is 9.05. The molecule has 0 spiro atoms.